The minimum Gasteiger partial charge on any atom is -0.353 e. The van der Waals surface area contributed by atoms with E-state index in [2.05, 4.69) is 16.0 Å². The lowest BCUT2D eigenvalue weighted by atomic mass is 10.0. The monoisotopic (exact) mass is 429 g/mol. The molecule has 0 heterocycles. The van der Waals surface area contributed by atoms with Crippen molar-refractivity contribution in [3.05, 3.63) is 96.1 Å². The Balaban J connectivity index is 1.30. The molecule has 0 atom stereocenters. The molecule has 0 unspecified atom stereocenters. The number of benzene rings is 3. The van der Waals surface area contributed by atoms with Crippen molar-refractivity contribution in [2.24, 2.45) is 0 Å². The number of nitrogens with one attached hydrogen (secondary N) is 3. The van der Waals surface area contributed by atoms with Gasteiger partial charge in [0.05, 0.1) is 6.54 Å². The summed E-state index contributed by atoms with van der Waals surface area (Å²) in [4.78, 5) is 36.0. The molecule has 3 amide bonds. The molecule has 164 valence electrons. The number of hydrogen-bond donors (Lipinski definition) is 3. The van der Waals surface area contributed by atoms with Crippen molar-refractivity contribution in [3.63, 3.8) is 0 Å². The normalized spacial score (nSPS) is 10.2. The number of rotatable bonds is 10. The zero-order chi connectivity index (χ0) is 22.6. The zero-order valence-corrected chi connectivity index (χ0v) is 17.8. The van der Waals surface area contributed by atoms with Crippen LogP contribution in [0.1, 0.15) is 22.3 Å². The molecule has 0 bridgehead atoms. The van der Waals surface area contributed by atoms with E-state index in [4.69, 9.17) is 0 Å². The number of amides is 3. The fourth-order valence-corrected chi connectivity index (χ4v) is 3.16. The molecular weight excluding hydrogens is 402 g/mol. The largest absolute Gasteiger partial charge is 0.353 e. The molecule has 0 radical (unpaired) electrons. The smallest absolute Gasteiger partial charge is 0.251 e. The van der Waals surface area contributed by atoms with Gasteiger partial charge in [0.1, 0.15) is 0 Å². The van der Waals surface area contributed by atoms with Crippen LogP contribution in [0.2, 0.25) is 0 Å². The van der Waals surface area contributed by atoms with Gasteiger partial charge < -0.3 is 16.0 Å². The Kier molecular flexibility index (Phi) is 8.57. The topological polar surface area (TPSA) is 87.3 Å². The third kappa shape index (κ3) is 7.40. The highest BCUT2D eigenvalue weighted by Gasteiger charge is 2.08. The quantitative estimate of drug-likeness (QED) is 0.433. The number of carbonyl (C=O) groups excluding carboxylic acids is 3. The Morgan fingerprint density at radius 1 is 0.594 bits per heavy atom. The molecule has 0 spiro atoms. The molecule has 0 aromatic heterocycles. The summed E-state index contributed by atoms with van der Waals surface area (Å²) in [6.45, 7) is 0.502. The van der Waals surface area contributed by atoms with Crippen molar-refractivity contribution in [2.45, 2.75) is 12.8 Å². The minimum atomic E-state index is -0.292. The van der Waals surface area contributed by atoms with Crippen molar-refractivity contribution >= 4 is 17.7 Å². The fraction of sp³-hybridized carbons (Fsp3) is 0.192. The first-order valence-corrected chi connectivity index (χ1v) is 10.6. The van der Waals surface area contributed by atoms with Crippen molar-refractivity contribution in [1.29, 1.82) is 0 Å². The lowest BCUT2D eigenvalue weighted by molar-refractivity contribution is -0.126. The molecular formula is C26H27N3O3. The molecule has 3 aromatic carbocycles. The van der Waals surface area contributed by atoms with Crippen LogP contribution in [0.5, 0.6) is 0 Å². The average molecular weight is 430 g/mol. The van der Waals surface area contributed by atoms with Crippen molar-refractivity contribution in [1.82, 2.24) is 16.0 Å². The van der Waals surface area contributed by atoms with Crippen LogP contribution >= 0.6 is 0 Å². The molecule has 3 aromatic rings. The molecule has 0 saturated heterocycles. The van der Waals surface area contributed by atoms with Gasteiger partial charge in [-0.1, -0.05) is 72.8 Å². The van der Waals surface area contributed by atoms with Gasteiger partial charge in [-0.25, -0.2) is 0 Å². The Bertz CT molecular complexity index is 1020. The molecule has 0 aliphatic heterocycles. The molecule has 6 nitrogen and oxygen atoms in total. The van der Waals surface area contributed by atoms with Crippen LogP contribution in [0.25, 0.3) is 11.1 Å². The Morgan fingerprint density at radius 2 is 1.19 bits per heavy atom. The maximum atomic E-state index is 12.3. The van der Waals surface area contributed by atoms with Crippen LogP contribution in [0.4, 0.5) is 0 Å². The molecule has 3 rings (SSSR count). The highest BCUT2D eigenvalue weighted by molar-refractivity contribution is 5.94. The van der Waals surface area contributed by atoms with Gasteiger partial charge in [-0.2, -0.15) is 0 Å². The van der Waals surface area contributed by atoms with Crippen molar-refractivity contribution in [2.75, 3.05) is 19.6 Å². The summed E-state index contributed by atoms with van der Waals surface area (Å²) in [5.41, 5.74) is 3.77. The van der Waals surface area contributed by atoms with E-state index in [1.807, 2.05) is 72.8 Å². The van der Waals surface area contributed by atoms with E-state index in [1.54, 1.807) is 12.1 Å². The second kappa shape index (κ2) is 12.1. The molecule has 3 N–H and O–H groups in total. The average Bonchev–Trinajstić information content (AvgIpc) is 2.85. The van der Waals surface area contributed by atoms with E-state index in [1.165, 1.54) is 0 Å². The molecule has 6 heteroatoms. The number of carbonyl (C=O) groups is 3. The van der Waals surface area contributed by atoms with E-state index in [0.29, 0.717) is 24.9 Å². The summed E-state index contributed by atoms with van der Waals surface area (Å²) in [5, 5.41) is 8.07. The standard InChI is InChI=1S/C26H27N3O3/c30-24(16-11-20-7-3-1-4-8-20)29-19-25(31)27-17-18-28-26(32)23-14-12-22(13-15-23)21-9-5-2-6-10-21/h1-10,12-15H,11,16-19H2,(H,27,31)(H,28,32)(H,29,30). The van der Waals surface area contributed by atoms with E-state index >= 15 is 0 Å². The highest BCUT2D eigenvalue weighted by atomic mass is 16.2. The fourth-order valence-electron chi connectivity index (χ4n) is 3.16. The Morgan fingerprint density at radius 3 is 1.88 bits per heavy atom. The molecule has 0 aliphatic rings. The first-order chi connectivity index (χ1) is 15.6. The third-order valence-electron chi connectivity index (χ3n) is 4.92. The first-order valence-electron chi connectivity index (χ1n) is 10.6. The second-order valence-corrected chi connectivity index (χ2v) is 7.31. The van der Waals surface area contributed by atoms with Crippen LogP contribution in [-0.4, -0.2) is 37.4 Å². The maximum absolute atomic E-state index is 12.3. The summed E-state index contributed by atoms with van der Waals surface area (Å²) in [6, 6.07) is 27.0. The van der Waals surface area contributed by atoms with Crippen molar-refractivity contribution in [3.8, 4) is 11.1 Å². The molecule has 32 heavy (non-hydrogen) atoms. The van der Waals surface area contributed by atoms with E-state index in [-0.39, 0.29) is 30.8 Å². The van der Waals surface area contributed by atoms with Crippen LogP contribution in [0.15, 0.2) is 84.9 Å². The lowest BCUT2D eigenvalue weighted by Crippen LogP contribution is -2.40. The first kappa shape index (κ1) is 22.7. The summed E-state index contributed by atoms with van der Waals surface area (Å²) >= 11 is 0. The molecule has 0 fully saturated rings. The third-order valence-corrected chi connectivity index (χ3v) is 4.92. The van der Waals surface area contributed by atoms with Gasteiger partial charge in [-0.3, -0.25) is 14.4 Å². The lowest BCUT2D eigenvalue weighted by Gasteiger charge is -2.09. The molecule has 0 aliphatic carbocycles. The van der Waals surface area contributed by atoms with Crippen LogP contribution < -0.4 is 16.0 Å². The van der Waals surface area contributed by atoms with Gasteiger partial charge in [-0.05, 0) is 35.2 Å². The Hall–Kier alpha value is -3.93. The number of aryl methyl sites for hydroxylation is 1. The van der Waals surface area contributed by atoms with Gasteiger partial charge in [-0.15, -0.1) is 0 Å². The van der Waals surface area contributed by atoms with Crippen LogP contribution in [0, 0.1) is 0 Å². The predicted octanol–water partition coefficient (Wildman–Crippen LogP) is 2.95. The van der Waals surface area contributed by atoms with E-state index in [9.17, 15) is 14.4 Å². The minimum absolute atomic E-state index is 0.0808. The van der Waals surface area contributed by atoms with Gasteiger partial charge in [0.15, 0.2) is 0 Å². The summed E-state index contributed by atoms with van der Waals surface area (Å²) < 4.78 is 0. The van der Waals surface area contributed by atoms with Crippen LogP contribution in [0.3, 0.4) is 0 Å². The summed E-state index contributed by atoms with van der Waals surface area (Å²) in [6.07, 6.45) is 0.961. The number of hydrogen-bond acceptors (Lipinski definition) is 3. The second-order valence-electron chi connectivity index (χ2n) is 7.31. The van der Waals surface area contributed by atoms with E-state index < -0.39 is 0 Å². The highest BCUT2D eigenvalue weighted by Crippen LogP contribution is 2.19. The van der Waals surface area contributed by atoms with Crippen molar-refractivity contribution < 1.29 is 14.4 Å². The van der Waals surface area contributed by atoms with Gasteiger partial charge in [0.2, 0.25) is 11.8 Å². The summed E-state index contributed by atoms with van der Waals surface area (Å²) in [5.74, 6) is -0.663. The maximum Gasteiger partial charge on any atom is 0.251 e. The van der Waals surface area contributed by atoms with Crippen LogP contribution in [-0.2, 0) is 16.0 Å². The zero-order valence-electron chi connectivity index (χ0n) is 17.8. The van der Waals surface area contributed by atoms with E-state index in [0.717, 1.165) is 16.7 Å². The Labute approximate surface area is 188 Å². The molecule has 0 saturated carbocycles. The van der Waals surface area contributed by atoms with Gasteiger partial charge in [0, 0.05) is 25.1 Å². The van der Waals surface area contributed by atoms with Gasteiger partial charge in [0.25, 0.3) is 5.91 Å². The van der Waals surface area contributed by atoms with Gasteiger partial charge >= 0.3 is 0 Å². The predicted molar refractivity (Wildman–Crippen MR) is 125 cm³/mol. The SMILES string of the molecule is O=C(CCc1ccccc1)NCC(=O)NCCNC(=O)c1ccc(-c2ccccc2)cc1. The summed E-state index contributed by atoms with van der Waals surface area (Å²) in [7, 11) is 0.